The van der Waals surface area contributed by atoms with Crippen LogP contribution in [0.15, 0.2) is 0 Å². The first-order chi connectivity index (χ1) is 17.2. The zero-order chi connectivity index (χ0) is 26.7. The van der Waals surface area contributed by atoms with Gasteiger partial charge in [-0.3, -0.25) is 4.79 Å². The zero-order valence-corrected chi connectivity index (χ0v) is 21.5. The van der Waals surface area contributed by atoms with Crippen molar-refractivity contribution in [2.45, 2.75) is 87.5 Å². The molecule has 0 radical (unpaired) electrons. The molecule has 2 rings (SSSR count). The van der Waals surface area contributed by atoms with E-state index in [1.807, 2.05) is 0 Å². The third-order valence-corrected chi connectivity index (χ3v) is 6.71. The lowest BCUT2D eigenvalue weighted by Crippen LogP contribution is -2.68. The van der Waals surface area contributed by atoms with Crippen molar-refractivity contribution in [2.24, 2.45) is 0 Å². The molecule has 0 saturated carbocycles. The molecule has 0 aromatic carbocycles. The van der Waals surface area contributed by atoms with Crippen LogP contribution in [0.25, 0.3) is 0 Å². The van der Waals surface area contributed by atoms with Gasteiger partial charge in [0.1, 0.15) is 48.8 Å². The van der Waals surface area contributed by atoms with Gasteiger partial charge in [0.25, 0.3) is 0 Å². The molecule has 13 nitrogen and oxygen atoms in total. The number of carbonyl (C=O) groups excluding carboxylic acids is 1. The SMILES string of the molecule is CSCCCCCOCCO[C@@H]1OC(CO)[C@H](O)[C@H](O[C@@H]2OC(CO)[C@H](O)[C@H](O)C2O)C1NC(C)=O. The third kappa shape index (κ3) is 8.99. The van der Waals surface area contributed by atoms with Gasteiger partial charge in [0.05, 0.1) is 26.4 Å². The molecule has 212 valence electrons. The van der Waals surface area contributed by atoms with Crippen molar-refractivity contribution < 1.29 is 59.1 Å². The van der Waals surface area contributed by atoms with E-state index in [4.69, 9.17) is 23.7 Å². The monoisotopic (exact) mass is 543 g/mol. The summed E-state index contributed by atoms with van der Waals surface area (Å²) in [6.07, 6.45) is -7.79. The summed E-state index contributed by atoms with van der Waals surface area (Å²) in [6, 6.07) is -1.10. The number of unbranched alkanes of at least 4 members (excludes halogenated alkanes) is 2. The summed E-state index contributed by atoms with van der Waals surface area (Å²) in [6.45, 7) is 0.881. The first kappa shape index (κ1) is 31.6. The van der Waals surface area contributed by atoms with Gasteiger partial charge in [-0.25, -0.2) is 0 Å². The molecular weight excluding hydrogens is 502 g/mol. The normalized spacial score (nSPS) is 37.1. The highest BCUT2D eigenvalue weighted by Gasteiger charge is 2.51. The van der Waals surface area contributed by atoms with Crippen molar-refractivity contribution in [3.8, 4) is 0 Å². The quantitative estimate of drug-likeness (QED) is 0.106. The Bertz CT molecular complexity index is 632. The van der Waals surface area contributed by atoms with E-state index in [9.17, 15) is 35.4 Å². The molecule has 2 aliphatic rings. The number of hydrogen-bond acceptors (Lipinski definition) is 13. The Morgan fingerprint density at radius 3 is 2.17 bits per heavy atom. The molecule has 0 aromatic heterocycles. The second kappa shape index (κ2) is 16.4. The first-order valence-corrected chi connectivity index (χ1v) is 13.5. The van der Waals surface area contributed by atoms with Gasteiger partial charge in [0, 0.05) is 13.5 Å². The molecule has 2 saturated heterocycles. The number of ether oxygens (including phenoxy) is 5. The van der Waals surface area contributed by atoms with Crippen LogP contribution in [-0.4, -0.2) is 143 Å². The van der Waals surface area contributed by atoms with Crippen molar-refractivity contribution in [2.75, 3.05) is 45.0 Å². The summed E-state index contributed by atoms with van der Waals surface area (Å²) < 4.78 is 28.1. The van der Waals surface area contributed by atoms with Crippen LogP contribution in [0.5, 0.6) is 0 Å². The number of hydrogen-bond donors (Lipinski definition) is 7. The van der Waals surface area contributed by atoms with Crippen molar-refractivity contribution >= 4 is 17.7 Å². The Hall–Kier alpha value is -0.620. The Labute approximate surface area is 215 Å². The van der Waals surface area contributed by atoms with Crippen LogP contribution < -0.4 is 5.32 Å². The fraction of sp³-hybridized carbons (Fsp3) is 0.955. The summed E-state index contributed by atoms with van der Waals surface area (Å²) in [7, 11) is 0. The van der Waals surface area contributed by atoms with Crippen LogP contribution in [0.2, 0.25) is 0 Å². The van der Waals surface area contributed by atoms with Crippen molar-refractivity contribution in [1.82, 2.24) is 5.32 Å². The smallest absolute Gasteiger partial charge is 0.217 e. The fourth-order valence-corrected chi connectivity index (χ4v) is 4.54. The van der Waals surface area contributed by atoms with Crippen LogP contribution in [0.4, 0.5) is 0 Å². The van der Waals surface area contributed by atoms with E-state index in [-0.39, 0.29) is 13.2 Å². The minimum absolute atomic E-state index is 0.0899. The van der Waals surface area contributed by atoms with Gasteiger partial charge in [-0.1, -0.05) is 6.42 Å². The van der Waals surface area contributed by atoms with Gasteiger partial charge in [-0.2, -0.15) is 11.8 Å². The molecule has 14 heteroatoms. The number of thioether (sulfide) groups is 1. The number of rotatable bonds is 15. The van der Waals surface area contributed by atoms with Gasteiger partial charge < -0.3 is 59.6 Å². The average Bonchev–Trinajstić information content (AvgIpc) is 2.85. The highest BCUT2D eigenvalue weighted by atomic mass is 32.2. The lowest BCUT2D eigenvalue weighted by molar-refractivity contribution is -0.345. The molecule has 0 spiro atoms. The molecule has 10 atom stereocenters. The Balaban J connectivity index is 2.03. The summed E-state index contributed by atoms with van der Waals surface area (Å²) in [5.41, 5.74) is 0. The molecule has 2 aliphatic heterocycles. The molecular formula is C22H41NO12S. The van der Waals surface area contributed by atoms with E-state index in [2.05, 4.69) is 11.6 Å². The largest absolute Gasteiger partial charge is 0.394 e. The van der Waals surface area contributed by atoms with Gasteiger partial charge in [0.15, 0.2) is 12.6 Å². The van der Waals surface area contributed by atoms with Crippen LogP contribution in [-0.2, 0) is 28.5 Å². The summed E-state index contributed by atoms with van der Waals surface area (Å²) in [5, 5.41) is 62.9. The first-order valence-electron chi connectivity index (χ1n) is 12.1. The number of carbonyl (C=O) groups is 1. The molecule has 2 heterocycles. The molecule has 0 aliphatic carbocycles. The van der Waals surface area contributed by atoms with Crippen LogP contribution in [0.3, 0.4) is 0 Å². The van der Waals surface area contributed by atoms with E-state index in [0.29, 0.717) is 6.61 Å². The van der Waals surface area contributed by atoms with Crippen molar-refractivity contribution in [3.05, 3.63) is 0 Å². The van der Waals surface area contributed by atoms with Crippen LogP contribution in [0.1, 0.15) is 26.2 Å². The Morgan fingerprint density at radius 2 is 1.53 bits per heavy atom. The topological polar surface area (TPSA) is 197 Å². The van der Waals surface area contributed by atoms with E-state index in [1.54, 1.807) is 11.8 Å². The van der Waals surface area contributed by atoms with Crippen LogP contribution in [0, 0.1) is 0 Å². The second-order valence-electron chi connectivity index (χ2n) is 8.78. The van der Waals surface area contributed by atoms with Gasteiger partial charge >= 0.3 is 0 Å². The van der Waals surface area contributed by atoms with Crippen molar-refractivity contribution in [1.29, 1.82) is 0 Å². The zero-order valence-electron chi connectivity index (χ0n) is 20.7. The molecule has 1 amide bonds. The summed E-state index contributed by atoms with van der Waals surface area (Å²) in [4.78, 5) is 11.9. The maximum absolute atomic E-state index is 11.9. The maximum Gasteiger partial charge on any atom is 0.217 e. The van der Waals surface area contributed by atoms with Crippen molar-refractivity contribution in [3.63, 3.8) is 0 Å². The molecule has 36 heavy (non-hydrogen) atoms. The number of amides is 1. The minimum Gasteiger partial charge on any atom is -0.394 e. The van der Waals surface area contributed by atoms with Crippen LogP contribution >= 0.6 is 11.8 Å². The number of aliphatic hydroxyl groups excluding tert-OH is 6. The van der Waals surface area contributed by atoms with E-state index < -0.39 is 80.5 Å². The van der Waals surface area contributed by atoms with E-state index in [1.165, 1.54) is 6.92 Å². The van der Waals surface area contributed by atoms with Gasteiger partial charge in [0.2, 0.25) is 5.91 Å². The highest BCUT2D eigenvalue weighted by molar-refractivity contribution is 7.98. The fourth-order valence-electron chi connectivity index (χ4n) is 4.05. The molecule has 2 fully saturated rings. The molecule has 7 N–H and O–H groups in total. The molecule has 4 unspecified atom stereocenters. The highest BCUT2D eigenvalue weighted by Crippen LogP contribution is 2.29. The number of aliphatic hydroxyl groups is 6. The summed E-state index contributed by atoms with van der Waals surface area (Å²) >= 11 is 1.80. The molecule has 0 aromatic rings. The van der Waals surface area contributed by atoms with Gasteiger partial charge in [-0.15, -0.1) is 0 Å². The lowest BCUT2D eigenvalue weighted by Gasteiger charge is -2.47. The number of nitrogens with one attached hydrogen (secondary N) is 1. The standard InChI is InChI=1S/C22H41NO12S/c1-12(26)23-15-20(35-22-19(30)18(29)16(27)13(10-24)34-22)17(28)14(11-25)33-21(15)32-8-7-31-6-4-3-5-9-36-2/h13-22,24-25,27-30H,3-11H2,1-2H3,(H,23,26)/t13?,14?,15?,16-,17-,18-,19?,20+,21+,22-/m0/s1. The van der Waals surface area contributed by atoms with E-state index in [0.717, 1.165) is 25.0 Å². The summed E-state index contributed by atoms with van der Waals surface area (Å²) in [5.74, 6) is 0.618. The Kier molecular flexibility index (Phi) is 14.4. The average molecular weight is 544 g/mol. The predicted molar refractivity (Wildman–Crippen MR) is 127 cm³/mol. The minimum atomic E-state index is -1.73. The van der Waals surface area contributed by atoms with Gasteiger partial charge in [-0.05, 0) is 24.9 Å². The van der Waals surface area contributed by atoms with E-state index >= 15 is 0 Å². The molecule has 0 bridgehead atoms. The Morgan fingerprint density at radius 1 is 0.861 bits per heavy atom. The third-order valence-electron chi connectivity index (χ3n) is 6.01. The second-order valence-corrected chi connectivity index (χ2v) is 9.76. The maximum atomic E-state index is 11.9. The lowest BCUT2D eigenvalue weighted by atomic mass is 9.95. The predicted octanol–water partition coefficient (Wildman–Crippen LogP) is -2.68.